The maximum Gasteiger partial charge on any atom is 0.193 e. The lowest BCUT2D eigenvalue weighted by Gasteiger charge is -2.13. The van der Waals surface area contributed by atoms with Gasteiger partial charge in [-0.1, -0.05) is 13.8 Å². The summed E-state index contributed by atoms with van der Waals surface area (Å²) >= 11 is 0. The summed E-state index contributed by atoms with van der Waals surface area (Å²) < 4.78 is 11.5. The van der Waals surface area contributed by atoms with Crippen LogP contribution >= 0.6 is 0 Å². The highest BCUT2D eigenvalue weighted by atomic mass is 16.5. The van der Waals surface area contributed by atoms with Gasteiger partial charge in [0.05, 0.1) is 12.2 Å². The van der Waals surface area contributed by atoms with E-state index in [1.54, 1.807) is 0 Å². The molecule has 0 heterocycles. The molecule has 0 N–H and O–H groups in total. The van der Waals surface area contributed by atoms with Crippen LogP contribution < -0.4 is 9.47 Å². The first kappa shape index (κ1) is 18.1. The zero-order valence-electron chi connectivity index (χ0n) is 14.9. The van der Waals surface area contributed by atoms with Crippen molar-refractivity contribution in [3.63, 3.8) is 0 Å². The third-order valence-electron chi connectivity index (χ3n) is 4.06. The zero-order valence-corrected chi connectivity index (χ0v) is 14.9. The maximum atomic E-state index is 12.5. The first-order valence-corrected chi connectivity index (χ1v) is 8.61. The van der Waals surface area contributed by atoms with Gasteiger partial charge in [-0.2, -0.15) is 0 Å². The average molecular weight is 326 g/mol. The van der Waals surface area contributed by atoms with E-state index in [1.165, 1.54) is 0 Å². The topological polar surface area (TPSA) is 35.5 Å². The Hall–Kier alpha value is -2.29. The van der Waals surface area contributed by atoms with Crippen molar-refractivity contribution in [2.45, 2.75) is 52.7 Å². The van der Waals surface area contributed by atoms with E-state index < -0.39 is 0 Å². The standard InChI is InChI=1S/C21H26O3/c1-5-15(3)23-19-11-7-17(8-12-19)21(22)18-9-13-20(14-10-18)24-16(4)6-2/h7-16H,5-6H2,1-4H3. The van der Waals surface area contributed by atoms with Crippen molar-refractivity contribution in [2.75, 3.05) is 0 Å². The van der Waals surface area contributed by atoms with Crippen molar-refractivity contribution >= 4 is 5.78 Å². The Labute approximate surface area is 144 Å². The number of ketones is 1. The number of hydrogen-bond donors (Lipinski definition) is 0. The monoisotopic (exact) mass is 326 g/mol. The van der Waals surface area contributed by atoms with Gasteiger partial charge in [0.1, 0.15) is 11.5 Å². The van der Waals surface area contributed by atoms with Crippen LogP contribution in [0, 0.1) is 0 Å². The van der Waals surface area contributed by atoms with Gasteiger partial charge >= 0.3 is 0 Å². The lowest BCUT2D eigenvalue weighted by Crippen LogP contribution is -2.10. The van der Waals surface area contributed by atoms with Crippen LogP contribution in [-0.4, -0.2) is 18.0 Å². The summed E-state index contributed by atoms with van der Waals surface area (Å²) in [4.78, 5) is 12.5. The van der Waals surface area contributed by atoms with Gasteiger partial charge in [-0.05, 0) is 75.2 Å². The van der Waals surface area contributed by atoms with E-state index >= 15 is 0 Å². The van der Waals surface area contributed by atoms with Crippen LogP contribution in [0.15, 0.2) is 48.5 Å². The molecular formula is C21H26O3. The molecule has 24 heavy (non-hydrogen) atoms. The van der Waals surface area contributed by atoms with Crippen LogP contribution in [0.2, 0.25) is 0 Å². The van der Waals surface area contributed by atoms with Crippen LogP contribution in [-0.2, 0) is 0 Å². The molecule has 2 aromatic carbocycles. The van der Waals surface area contributed by atoms with Gasteiger partial charge in [0.25, 0.3) is 0 Å². The van der Waals surface area contributed by atoms with E-state index in [4.69, 9.17) is 9.47 Å². The van der Waals surface area contributed by atoms with Gasteiger partial charge in [-0.15, -0.1) is 0 Å². The molecule has 0 aliphatic rings. The number of benzene rings is 2. The minimum Gasteiger partial charge on any atom is -0.491 e. The predicted octanol–water partition coefficient (Wildman–Crippen LogP) is 5.27. The highest BCUT2D eigenvalue weighted by molar-refractivity contribution is 6.09. The van der Waals surface area contributed by atoms with Gasteiger partial charge in [0.15, 0.2) is 5.78 Å². The molecule has 0 aliphatic heterocycles. The molecule has 0 aliphatic carbocycles. The molecule has 0 saturated carbocycles. The van der Waals surface area contributed by atoms with Gasteiger partial charge in [-0.3, -0.25) is 4.79 Å². The van der Waals surface area contributed by atoms with E-state index in [0.717, 1.165) is 24.3 Å². The minimum atomic E-state index is 0.000167. The highest BCUT2D eigenvalue weighted by Crippen LogP contribution is 2.20. The Morgan fingerprint density at radius 2 is 1.08 bits per heavy atom. The van der Waals surface area contributed by atoms with E-state index in [-0.39, 0.29) is 18.0 Å². The summed E-state index contributed by atoms with van der Waals surface area (Å²) in [5.74, 6) is 1.58. The lowest BCUT2D eigenvalue weighted by atomic mass is 10.0. The number of rotatable bonds is 8. The largest absolute Gasteiger partial charge is 0.491 e. The van der Waals surface area contributed by atoms with E-state index in [0.29, 0.717) is 11.1 Å². The van der Waals surface area contributed by atoms with Crippen molar-refractivity contribution in [3.8, 4) is 11.5 Å². The van der Waals surface area contributed by atoms with Gasteiger partial charge in [-0.25, -0.2) is 0 Å². The Morgan fingerprint density at radius 1 is 0.750 bits per heavy atom. The fourth-order valence-electron chi connectivity index (χ4n) is 2.17. The summed E-state index contributed by atoms with van der Waals surface area (Å²) in [6, 6.07) is 14.6. The van der Waals surface area contributed by atoms with Crippen molar-refractivity contribution in [1.29, 1.82) is 0 Å². The molecule has 3 nitrogen and oxygen atoms in total. The molecule has 128 valence electrons. The second kappa shape index (κ2) is 8.53. The lowest BCUT2D eigenvalue weighted by molar-refractivity contribution is 0.103. The first-order valence-electron chi connectivity index (χ1n) is 8.61. The molecule has 3 heteroatoms. The fourth-order valence-corrected chi connectivity index (χ4v) is 2.17. The van der Waals surface area contributed by atoms with Gasteiger partial charge < -0.3 is 9.47 Å². The predicted molar refractivity (Wildman–Crippen MR) is 97.1 cm³/mol. The zero-order chi connectivity index (χ0) is 17.5. The molecule has 0 amide bonds. The number of carbonyl (C=O) groups excluding carboxylic acids is 1. The molecule has 2 atom stereocenters. The molecule has 2 aromatic rings. The second-order valence-corrected chi connectivity index (χ2v) is 6.05. The van der Waals surface area contributed by atoms with Crippen molar-refractivity contribution in [1.82, 2.24) is 0 Å². The van der Waals surface area contributed by atoms with E-state index in [2.05, 4.69) is 13.8 Å². The Balaban J connectivity index is 2.05. The van der Waals surface area contributed by atoms with E-state index in [1.807, 2.05) is 62.4 Å². The van der Waals surface area contributed by atoms with Gasteiger partial charge in [0.2, 0.25) is 0 Å². The SMILES string of the molecule is CCC(C)Oc1ccc(C(=O)c2ccc(OC(C)CC)cc2)cc1. The van der Waals surface area contributed by atoms with Crippen LogP contribution in [0.5, 0.6) is 11.5 Å². The highest BCUT2D eigenvalue weighted by Gasteiger charge is 2.10. The first-order chi connectivity index (χ1) is 11.5. The van der Waals surface area contributed by atoms with Crippen LogP contribution in [0.25, 0.3) is 0 Å². The summed E-state index contributed by atoms with van der Waals surface area (Å²) in [6.07, 6.45) is 2.24. The average Bonchev–Trinajstić information content (AvgIpc) is 2.62. The molecule has 2 unspecified atom stereocenters. The van der Waals surface area contributed by atoms with Crippen molar-refractivity contribution in [3.05, 3.63) is 59.7 Å². The van der Waals surface area contributed by atoms with E-state index in [9.17, 15) is 4.79 Å². The number of carbonyl (C=O) groups is 1. The number of ether oxygens (including phenoxy) is 2. The molecule has 0 saturated heterocycles. The van der Waals surface area contributed by atoms with Crippen LogP contribution in [0.4, 0.5) is 0 Å². The summed E-state index contributed by atoms with van der Waals surface area (Å²) in [5, 5.41) is 0. The Morgan fingerprint density at radius 3 is 1.38 bits per heavy atom. The summed E-state index contributed by atoms with van der Waals surface area (Å²) in [7, 11) is 0. The quantitative estimate of drug-likeness (QED) is 0.620. The third kappa shape index (κ3) is 4.85. The molecule has 0 bridgehead atoms. The Bertz CT molecular complexity index is 586. The van der Waals surface area contributed by atoms with Crippen molar-refractivity contribution < 1.29 is 14.3 Å². The maximum absolute atomic E-state index is 12.5. The van der Waals surface area contributed by atoms with Crippen LogP contribution in [0.3, 0.4) is 0 Å². The fraction of sp³-hybridized carbons (Fsp3) is 0.381. The molecular weight excluding hydrogens is 300 g/mol. The van der Waals surface area contributed by atoms with Crippen LogP contribution in [0.1, 0.15) is 56.5 Å². The number of hydrogen-bond acceptors (Lipinski definition) is 3. The van der Waals surface area contributed by atoms with Gasteiger partial charge in [0, 0.05) is 11.1 Å². The minimum absolute atomic E-state index is 0.000167. The second-order valence-electron chi connectivity index (χ2n) is 6.05. The molecule has 0 fully saturated rings. The molecule has 0 spiro atoms. The molecule has 0 aromatic heterocycles. The summed E-state index contributed by atoms with van der Waals surface area (Å²) in [5.41, 5.74) is 1.31. The third-order valence-corrected chi connectivity index (χ3v) is 4.06. The van der Waals surface area contributed by atoms with Crippen molar-refractivity contribution in [2.24, 2.45) is 0 Å². The normalized spacial score (nSPS) is 13.2. The smallest absolute Gasteiger partial charge is 0.193 e. The molecule has 0 radical (unpaired) electrons. The molecule has 2 rings (SSSR count). The summed E-state index contributed by atoms with van der Waals surface area (Å²) in [6.45, 7) is 8.22. The Kier molecular flexibility index (Phi) is 6.42.